The van der Waals surface area contributed by atoms with Crippen LogP contribution in [0.1, 0.15) is 61.9 Å². The van der Waals surface area contributed by atoms with Gasteiger partial charge in [0.15, 0.2) is 0 Å². The van der Waals surface area contributed by atoms with Crippen molar-refractivity contribution in [2.24, 2.45) is 5.41 Å². The van der Waals surface area contributed by atoms with E-state index in [1.165, 1.54) is 28.8 Å². The van der Waals surface area contributed by atoms with Crippen LogP contribution in [0.25, 0.3) is 16.5 Å². The first-order valence-electron chi connectivity index (χ1n) is 20.7. The monoisotopic (exact) mass is 866 g/mol. The number of ether oxygens (including phenoxy) is 2. The second-order valence-electron chi connectivity index (χ2n) is 17.0. The number of nitrogens with zero attached hydrogens (tertiary/aromatic N) is 4. The van der Waals surface area contributed by atoms with E-state index in [9.17, 15) is 23.3 Å². The topological polar surface area (TPSA) is 150 Å². The van der Waals surface area contributed by atoms with Gasteiger partial charge in [0.2, 0.25) is 0 Å². The highest BCUT2D eigenvalue weighted by Crippen LogP contribution is 2.43. The molecule has 2 saturated heterocycles. The van der Waals surface area contributed by atoms with E-state index in [0.29, 0.717) is 31.8 Å². The highest BCUT2D eigenvalue weighted by atomic mass is 35.5. The van der Waals surface area contributed by atoms with Crippen LogP contribution >= 0.6 is 11.6 Å². The van der Waals surface area contributed by atoms with Crippen molar-refractivity contribution in [2.75, 3.05) is 62.8 Å². The summed E-state index contributed by atoms with van der Waals surface area (Å²) in [6.07, 6.45) is 6.40. The first kappa shape index (κ1) is 42.3. The molecule has 0 radical (unpaired) electrons. The predicted molar refractivity (Wildman–Crippen MR) is 239 cm³/mol. The van der Waals surface area contributed by atoms with Gasteiger partial charge in [-0.1, -0.05) is 43.2 Å². The van der Waals surface area contributed by atoms with E-state index in [-0.39, 0.29) is 34.1 Å². The lowest BCUT2D eigenvalue weighted by Crippen LogP contribution is -2.47. The summed E-state index contributed by atoms with van der Waals surface area (Å²) in [6.45, 7) is 9.78. The van der Waals surface area contributed by atoms with Gasteiger partial charge in [0.1, 0.15) is 17.2 Å². The minimum Gasteiger partial charge on any atom is -0.456 e. The zero-order valence-corrected chi connectivity index (χ0v) is 36.2. The summed E-state index contributed by atoms with van der Waals surface area (Å²) in [4.78, 5) is 34.9. The predicted octanol–water partition coefficient (Wildman–Crippen LogP) is 9.04. The summed E-state index contributed by atoms with van der Waals surface area (Å²) >= 11 is 6.23. The zero-order valence-electron chi connectivity index (χ0n) is 34.7. The van der Waals surface area contributed by atoms with E-state index in [1.807, 2.05) is 36.5 Å². The van der Waals surface area contributed by atoms with E-state index < -0.39 is 25.7 Å². The average Bonchev–Trinajstić information content (AvgIpc) is 3.72. The molecule has 5 aromatic rings. The van der Waals surface area contributed by atoms with Gasteiger partial charge in [0.25, 0.3) is 21.6 Å². The Bertz CT molecular complexity index is 2580. The molecule has 1 amide bonds. The molecule has 13 nitrogen and oxygen atoms in total. The number of anilines is 2. The van der Waals surface area contributed by atoms with E-state index in [2.05, 4.69) is 45.5 Å². The van der Waals surface area contributed by atoms with Gasteiger partial charge in [0.05, 0.1) is 15.4 Å². The number of nitro benzene ring substituents is 1. The fourth-order valence-electron chi connectivity index (χ4n) is 8.82. The van der Waals surface area contributed by atoms with Gasteiger partial charge in [-0.3, -0.25) is 19.8 Å². The number of hydrogen-bond donors (Lipinski definition) is 2. The van der Waals surface area contributed by atoms with Gasteiger partial charge in [-0.2, -0.15) is 0 Å². The molecule has 15 heteroatoms. The minimum atomic E-state index is -4.55. The maximum Gasteiger partial charge on any atom is 0.293 e. The Balaban J connectivity index is 1.02. The van der Waals surface area contributed by atoms with Crippen molar-refractivity contribution in [3.8, 4) is 11.5 Å². The third-order valence-electron chi connectivity index (χ3n) is 12.3. The number of aromatic nitrogens is 1. The number of amides is 1. The minimum absolute atomic E-state index is 0.00126. The Hall–Kier alpha value is -5.41. The maximum absolute atomic E-state index is 14.0. The molecular formula is C46H51ClN6O7S. The molecule has 0 atom stereocenters. The van der Waals surface area contributed by atoms with Crippen LogP contribution in [0.2, 0.25) is 5.02 Å². The van der Waals surface area contributed by atoms with Gasteiger partial charge in [-0.05, 0) is 109 Å². The van der Waals surface area contributed by atoms with Crippen molar-refractivity contribution in [1.82, 2.24) is 14.6 Å². The van der Waals surface area contributed by atoms with Crippen LogP contribution in [0, 0.1) is 15.5 Å². The van der Waals surface area contributed by atoms with Crippen LogP contribution in [-0.2, 0) is 14.8 Å². The Morgan fingerprint density at radius 3 is 2.49 bits per heavy atom. The zero-order chi connectivity index (χ0) is 42.9. The van der Waals surface area contributed by atoms with Crippen molar-refractivity contribution in [3.63, 3.8) is 0 Å². The first-order valence-corrected chi connectivity index (χ1v) is 22.6. The molecule has 320 valence electrons. The number of benzene rings is 4. The summed E-state index contributed by atoms with van der Waals surface area (Å²) in [5, 5.41) is 13.9. The fraction of sp³-hybridized carbons (Fsp3) is 0.370. The van der Waals surface area contributed by atoms with E-state index in [4.69, 9.17) is 21.1 Å². The molecular weight excluding hydrogens is 816 g/mol. The molecule has 0 unspecified atom stereocenters. The highest BCUT2D eigenvalue weighted by molar-refractivity contribution is 7.90. The Morgan fingerprint density at radius 2 is 1.75 bits per heavy atom. The average molecular weight is 867 g/mol. The smallest absolute Gasteiger partial charge is 0.293 e. The molecule has 3 heterocycles. The second-order valence-corrected chi connectivity index (χ2v) is 19.1. The van der Waals surface area contributed by atoms with Crippen LogP contribution in [0.5, 0.6) is 11.5 Å². The Kier molecular flexibility index (Phi) is 12.1. The van der Waals surface area contributed by atoms with E-state index in [0.717, 1.165) is 79.7 Å². The first-order chi connectivity index (χ1) is 29.2. The molecule has 0 bridgehead atoms. The number of hydrogen-bond acceptors (Lipinski definition) is 10. The molecule has 2 fully saturated rings. The molecule has 2 N–H and O–H groups in total. The summed E-state index contributed by atoms with van der Waals surface area (Å²) in [7, 11) is -2.80. The maximum atomic E-state index is 14.0. The summed E-state index contributed by atoms with van der Waals surface area (Å²) in [5.74, 6) is -0.296. The van der Waals surface area contributed by atoms with Gasteiger partial charge < -0.3 is 24.3 Å². The van der Waals surface area contributed by atoms with Crippen LogP contribution in [0.3, 0.4) is 0 Å². The molecule has 61 heavy (non-hydrogen) atoms. The number of H-pyrrole nitrogens is 1. The van der Waals surface area contributed by atoms with Gasteiger partial charge in [-0.15, -0.1) is 0 Å². The summed E-state index contributed by atoms with van der Waals surface area (Å²) < 4.78 is 41.5. The molecule has 2 aliphatic heterocycles. The Labute approximate surface area is 361 Å². The number of allylic oxidation sites excluding steroid dienone is 1. The number of carbonyl (C=O) groups excluding carboxylic acids is 1. The van der Waals surface area contributed by atoms with E-state index >= 15 is 0 Å². The highest BCUT2D eigenvalue weighted by Gasteiger charge is 2.31. The second kappa shape index (κ2) is 17.5. The number of piperazine rings is 1. The number of aromatic amines is 1. The van der Waals surface area contributed by atoms with Crippen LogP contribution in [0.4, 0.5) is 17.1 Å². The quantitative estimate of drug-likeness (QED) is 0.0919. The number of halogens is 1. The number of sulfonamides is 1. The number of nitrogens with one attached hydrogen (secondary N) is 2. The number of nitro groups is 1. The fourth-order valence-corrected chi connectivity index (χ4v) is 9.93. The lowest BCUT2D eigenvalue weighted by atomic mass is 9.73. The lowest BCUT2D eigenvalue weighted by Gasteiger charge is -2.39. The summed E-state index contributed by atoms with van der Waals surface area (Å²) in [6, 6.07) is 24.4. The van der Waals surface area contributed by atoms with Gasteiger partial charge in [-0.25, -0.2) is 13.1 Å². The molecule has 0 saturated carbocycles. The normalized spacial score (nSPS) is 17.7. The van der Waals surface area contributed by atoms with Crippen molar-refractivity contribution < 1.29 is 27.6 Å². The largest absolute Gasteiger partial charge is 0.456 e. The van der Waals surface area contributed by atoms with E-state index in [1.54, 1.807) is 36.2 Å². The van der Waals surface area contributed by atoms with Crippen LogP contribution < -0.4 is 19.3 Å². The SMILES string of the molecule is CN(c1ccc(S(=O)(=O)NC(=O)c2ccc(N3CCN(CC4=C(c5ccc(Cl)cc5)CCC(C)(C)C4)CC3)cc2Oc2ccc3[nH]ccc3c2)cc1[N+](=O)[O-])C1CCOCC1. The van der Waals surface area contributed by atoms with Crippen molar-refractivity contribution in [2.45, 2.75) is 56.9 Å². The molecule has 3 aliphatic rings. The number of rotatable bonds is 12. The van der Waals surface area contributed by atoms with Crippen molar-refractivity contribution >= 4 is 61.1 Å². The van der Waals surface area contributed by atoms with Crippen LogP contribution in [-0.4, -0.2) is 88.2 Å². The van der Waals surface area contributed by atoms with Crippen molar-refractivity contribution in [1.29, 1.82) is 0 Å². The third-order valence-corrected chi connectivity index (χ3v) is 13.9. The molecule has 0 spiro atoms. The number of fused-ring (bicyclic) bond motifs is 1. The standard InChI is InChI=1S/C46H51ClN6O7S/c1-46(2)18-14-39(31-4-6-34(47)7-5-31)33(29-46)30-51-20-22-52(23-21-51)36-8-11-40(44(27-36)60-37-9-12-41-32(26-37)15-19-48-41)45(54)49-61(57,58)38-10-13-42(43(28-38)53(55)56)50(3)35-16-24-59-25-17-35/h4-13,15,19,26-28,35,48H,14,16-18,20-25,29-30H2,1-3H3,(H,49,54). The molecule has 1 aromatic heterocycles. The van der Waals surface area contributed by atoms with Crippen molar-refractivity contribution in [3.05, 3.63) is 123 Å². The lowest BCUT2D eigenvalue weighted by molar-refractivity contribution is -0.384. The van der Waals surface area contributed by atoms with Gasteiger partial charge in [0, 0.05) is 99.0 Å². The molecule has 4 aromatic carbocycles. The van der Waals surface area contributed by atoms with Crippen LogP contribution in [0.15, 0.2) is 102 Å². The Morgan fingerprint density at radius 1 is 1.00 bits per heavy atom. The summed E-state index contributed by atoms with van der Waals surface area (Å²) in [5.41, 5.74) is 6.00. The van der Waals surface area contributed by atoms with Gasteiger partial charge >= 0.3 is 0 Å². The third kappa shape index (κ3) is 9.57. The number of carbonyl (C=O) groups is 1. The molecule has 1 aliphatic carbocycles. The molecule has 8 rings (SSSR count).